The average molecular weight is 892 g/mol. The minimum Gasteiger partial charge on any atom is -0.462 e. The van der Waals surface area contributed by atoms with Crippen molar-refractivity contribution >= 4 is 19.8 Å². The van der Waals surface area contributed by atoms with Crippen molar-refractivity contribution in [2.24, 2.45) is 5.73 Å². The summed E-state index contributed by atoms with van der Waals surface area (Å²) in [7, 11) is -4.38. The fraction of sp³-hybridized carbons (Fsp3) is 0.769. The minimum atomic E-state index is -4.38. The van der Waals surface area contributed by atoms with E-state index in [4.69, 9.17) is 24.3 Å². The van der Waals surface area contributed by atoms with Gasteiger partial charge >= 0.3 is 19.8 Å². The average Bonchev–Trinajstić information content (AvgIpc) is 3.26. The lowest BCUT2D eigenvalue weighted by Crippen LogP contribution is -2.29. The first-order valence-corrected chi connectivity index (χ1v) is 26.8. The summed E-state index contributed by atoms with van der Waals surface area (Å²) in [5.74, 6) is -0.826. The van der Waals surface area contributed by atoms with Crippen molar-refractivity contribution in [1.82, 2.24) is 0 Å². The maximum Gasteiger partial charge on any atom is 0.472 e. The van der Waals surface area contributed by atoms with E-state index in [2.05, 4.69) is 74.6 Å². The predicted octanol–water partition coefficient (Wildman–Crippen LogP) is 15.2. The third kappa shape index (κ3) is 47.2. The molecule has 0 aliphatic carbocycles. The van der Waals surface area contributed by atoms with Gasteiger partial charge in [-0.25, -0.2) is 4.57 Å². The molecule has 0 saturated heterocycles. The van der Waals surface area contributed by atoms with Gasteiger partial charge in [0.25, 0.3) is 0 Å². The summed E-state index contributed by atoms with van der Waals surface area (Å²) in [5.41, 5.74) is 5.36. The van der Waals surface area contributed by atoms with E-state index in [1.54, 1.807) is 0 Å². The zero-order valence-corrected chi connectivity index (χ0v) is 40.7. The van der Waals surface area contributed by atoms with Crippen LogP contribution in [0.15, 0.2) is 60.8 Å². The smallest absolute Gasteiger partial charge is 0.462 e. The van der Waals surface area contributed by atoms with Gasteiger partial charge < -0.3 is 20.1 Å². The summed E-state index contributed by atoms with van der Waals surface area (Å²) in [5, 5.41) is 0. The molecule has 9 nitrogen and oxygen atoms in total. The van der Waals surface area contributed by atoms with Crippen molar-refractivity contribution in [3.05, 3.63) is 60.8 Å². The largest absolute Gasteiger partial charge is 0.472 e. The molecule has 0 fully saturated rings. The molecule has 0 amide bonds. The highest BCUT2D eigenvalue weighted by molar-refractivity contribution is 7.47. The molecule has 62 heavy (non-hydrogen) atoms. The first-order valence-electron chi connectivity index (χ1n) is 25.3. The van der Waals surface area contributed by atoms with E-state index in [1.165, 1.54) is 116 Å². The first-order chi connectivity index (χ1) is 30.3. The number of carbonyl (C=O) groups excluding carboxylic acids is 2. The van der Waals surface area contributed by atoms with Gasteiger partial charge in [-0.3, -0.25) is 18.6 Å². The molecular formula is C52H94NO8P. The molecule has 3 N–H and O–H groups in total. The van der Waals surface area contributed by atoms with Gasteiger partial charge in [0, 0.05) is 19.4 Å². The van der Waals surface area contributed by atoms with E-state index < -0.39 is 26.5 Å². The van der Waals surface area contributed by atoms with Crippen LogP contribution in [-0.4, -0.2) is 49.3 Å². The maximum absolute atomic E-state index is 12.6. The quantitative estimate of drug-likeness (QED) is 0.0265. The number of hydrogen-bond donors (Lipinski definition) is 2. The van der Waals surface area contributed by atoms with Crippen LogP contribution in [0.25, 0.3) is 0 Å². The van der Waals surface area contributed by atoms with E-state index >= 15 is 0 Å². The van der Waals surface area contributed by atoms with Crippen molar-refractivity contribution in [3.63, 3.8) is 0 Å². The van der Waals surface area contributed by atoms with Gasteiger partial charge in [0.15, 0.2) is 6.10 Å². The van der Waals surface area contributed by atoms with E-state index in [-0.39, 0.29) is 38.6 Å². The predicted molar refractivity (Wildman–Crippen MR) is 261 cm³/mol. The van der Waals surface area contributed by atoms with Crippen molar-refractivity contribution in [3.8, 4) is 0 Å². The Kier molecular flexibility index (Phi) is 46.4. The fourth-order valence-corrected chi connectivity index (χ4v) is 7.72. The zero-order chi connectivity index (χ0) is 45.3. The molecule has 0 saturated carbocycles. The number of esters is 2. The van der Waals surface area contributed by atoms with Gasteiger partial charge in [-0.15, -0.1) is 0 Å². The number of hydrogen-bond acceptors (Lipinski definition) is 8. The molecule has 10 heteroatoms. The van der Waals surface area contributed by atoms with Gasteiger partial charge in [0.1, 0.15) is 6.61 Å². The van der Waals surface area contributed by atoms with E-state index in [1.807, 2.05) is 0 Å². The molecule has 0 bridgehead atoms. The number of phosphoric acid groups is 1. The Morgan fingerprint density at radius 1 is 0.500 bits per heavy atom. The van der Waals surface area contributed by atoms with Crippen LogP contribution < -0.4 is 5.73 Å². The minimum absolute atomic E-state index is 0.0522. The lowest BCUT2D eigenvalue weighted by atomic mass is 10.0. The highest BCUT2D eigenvalue weighted by Crippen LogP contribution is 2.43. The van der Waals surface area contributed by atoms with Gasteiger partial charge in [-0.2, -0.15) is 0 Å². The standard InChI is InChI=1S/C52H94NO8P/c1-3-5-7-9-11-13-15-17-19-20-21-22-23-24-25-26-27-28-29-30-31-33-35-37-39-41-43-45-52(55)61-50(49-60-62(56,57)59-47-46-53)48-58-51(54)44-42-40-38-36-34-32-18-16-14-12-10-8-6-4-2/h5,7,11,13,17,19,21-22,24-25,50H,3-4,6,8-10,12,14-16,18,20,23,26-49,53H2,1-2H3,(H,56,57)/b7-5-,13-11-,19-17-,22-21-,25-24-. The zero-order valence-electron chi connectivity index (χ0n) is 39.8. The second-order valence-electron chi connectivity index (χ2n) is 16.7. The highest BCUT2D eigenvalue weighted by atomic mass is 31.2. The number of ether oxygens (including phenoxy) is 2. The number of allylic oxidation sites excluding steroid dienone is 10. The lowest BCUT2D eigenvalue weighted by molar-refractivity contribution is -0.161. The Morgan fingerprint density at radius 3 is 1.32 bits per heavy atom. The molecule has 0 heterocycles. The number of rotatable bonds is 47. The van der Waals surface area contributed by atoms with E-state index in [9.17, 15) is 19.0 Å². The topological polar surface area (TPSA) is 134 Å². The second-order valence-corrected chi connectivity index (χ2v) is 18.1. The SMILES string of the molecule is CC/C=C\C/C=C\C/C=C\C/C=C\C/C=C\CCCCCCCCCCCCCC(=O)OC(COC(=O)CCCCCCCCCCCCCCCC)COP(=O)(O)OCCN. The van der Waals surface area contributed by atoms with Crippen LogP contribution in [0.5, 0.6) is 0 Å². The summed E-state index contributed by atoms with van der Waals surface area (Å²) in [6, 6.07) is 0. The summed E-state index contributed by atoms with van der Waals surface area (Å²) in [6.07, 6.45) is 58.3. The normalized spacial score (nSPS) is 13.7. The third-order valence-corrected chi connectivity index (χ3v) is 11.7. The third-order valence-electron chi connectivity index (χ3n) is 10.7. The monoisotopic (exact) mass is 892 g/mol. The van der Waals surface area contributed by atoms with Crippen molar-refractivity contribution in [1.29, 1.82) is 0 Å². The number of carbonyl (C=O) groups is 2. The van der Waals surface area contributed by atoms with Crippen LogP contribution in [0.3, 0.4) is 0 Å². The Balaban J connectivity index is 4.02. The molecule has 0 radical (unpaired) electrons. The Labute approximate surface area is 380 Å². The molecule has 360 valence electrons. The summed E-state index contributed by atoms with van der Waals surface area (Å²) < 4.78 is 32.9. The molecule has 0 aromatic carbocycles. The molecule has 0 aliphatic rings. The molecule has 0 spiro atoms. The van der Waals surface area contributed by atoms with Crippen LogP contribution in [0.2, 0.25) is 0 Å². The molecule has 0 aromatic heterocycles. The van der Waals surface area contributed by atoms with Gasteiger partial charge in [-0.05, 0) is 57.8 Å². The number of nitrogens with two attached hydrogens (primary N) is 1. The summed E-state index contributed by atoms with van der Waals surface area (Å²) in [6.45, 7) is 3.64. The van der Waals surface area contributed by atoms with Crippen molar-refractivity contribution < 1.29 is 37.6 Å². The second kappa shape index (κ2) is 48.2. The molecule has 0 rings (SSSR count). The molecule has 0 aromatic rings. The lowest BCUT2D eigenvalue weighted by Gasteiger charge is -2.19. The fourth-order valence-electron chi connectivity index (χ4n) is 6.96. The number of phosphoric ester groups is 1. The van der Waals surface area contributed by atoms with Crippen LogP contribution in [0.4, 0.5) is 0 Å². The Morgan fingerprint density at radius 2 is 0.887 bits per heavy atom. The maximum atomic E-state index is 12.6. The molecule has 0 aliphatic heterocycles. The Bertz CT molecular complexity index is 1200. The first kappa shape index (κ1) is 59.7. The summed E-state index contributed by atoms with van der Waals surface area (Å²) >= 11 is 0. The Hall–Kier alpha value is -2.29. The molecular weight excluding hydrogens is 798 g/mol. The van der Waals surface area contributed by atoms with Crippen molar-refractivity contribution in [2.45, 2.75) is 232 Å². The highest BCUT2D eigenvalue weighted by Gasteiger charge is 2.26. The number of unbranched alkanes of at least 4 members (excludes halogenated alkanes) is 24. The van der Waals surface area contributed by atoms with Gasteiger partial charge in [-0.1, -0.05) is 216 Å². The van der Waals surface area contributed by atoms with Crippen molar-refractivity contribution in [2.75, 3.05) is 26.4 Å². The molecule has 2 atom stereocenters. The van der Waals surface area contributed by atoms with E-state index in [0.29, 0.717) is 6.42 Å². The van der Waals surface area contributed by atoms with E-state index in [0.717, 1.165) is 77.0 Å². The molecule has 2 unspecified atom stereocenters. The van der Waals surface area contributed by atoms with Crippen LogP contribution in [-0.2, 0) is 32.7 Å². The van der Waals surface area contributed by atoms with Crippen LogP contribution in [0, 0.1) is 0 Å². The van der Waals surface area contributed by atoms with Gasteiger partial charge in [0.05, 0.1) is 13.2 Å². The van der Waals surface area contributed by atoms with Crippen LogP contribution in [0.1, 0.15) is 226 Å². The summed E-state index contributed by atoms with van der Waals surface area (Å²) in [4.78, 5) is 35.0. The van der Waals surface area contributed by atoms with Gasteiger partial charge in [0.2, 0.25) is 0 Å². The van der Waals surface area contributed by atoms with Crippen LogP contribution >= 0.6 is 7.82 Å².